The van der Waals surface area contributed by atoms with Crippen LogP contribution in [0.4, 0.5) is 13.2 Å². The van der Waals surface area contributed by atoms with Crippen LogP contribution in [0.5, 0.6) is 0 Å². The fraction of sp³-hybridized carbons (Fsp3) is 0.667. The number of hydrogen-bond donors (Lipinski definition) is 1. The first-order valence-corrected chi connectivity index (χ1v) is 5.53. The molecule has 1 unspecified atom stereocenters. The molecule has 86 valence electrons. The molecule has 0 radical (unpaired) electrons. The van der Waals surface area contributed by atoms with Crippen molar-refractivity contribution in [2.24, 2.45) is 0 Å². The van der Waals surface area contributed by atoms with Crippen molar-refractivity contribution in [1.82, 2.24) is 10.2 Å². The first-order valence-electron chi connectivity index (χ1n) is 4.65. The molecule has 1 aromatic heterocycles. The molecular formula is C9H13F3N2S. The highest BCUT2D eigenvalue weighted by atomic mass is 32.2. The maximum atomic E-state index is 12.4. The SMILES string of the molecule is CCC(C)Sc1n[nH]c(C(F)(F)F)c1C. The van der Waals surface area contributed by atoms with Crippen molar-refractivity contribution in [2.45, 2.75) is 43.6 Å². The second-order valence-electron chi connectivity index (χ2n) is 3.36. The van der Waals surface area contributed by atoms with Crippen LogP contribution in [0, 0.1) is 6.92 Å². The van der Waals surface area contributed by atoms with E-state index < -0.39 is 11.9 Å². The van der Waals surface area contributed by atoms with E-state index in [0.717, 1.165) is 6.42 Å². The van der Waals surface area contributed by atoms with Crippen LogP contribution in [0.3, 0.4) is 0 Å². The summed E-state index contributed by atoms with van der Waals surface area (Å²) in [6, 6.07) is 0. The number of halogens is 3. The van der Waals surface area contributed by atoms with Gasteiger partial charge in [0.25, 0.3) is 0 Å². The van der Waals surface area contributed by atoms with Crippen molar-refractivity contribution < 1.29 is 13.2 Å². The Kier molecular flexibility index (Phi) is 3.70. The number of hydrogen-bond acceptors (Lipinski definition) is 2. The van der Waals surface area contributed by atoms with Crippen LogP contribution in [0.1, 0.15) is 31.5 Å². The van der Waals surface area contributed by atoms with Crippen molar-refractivity contribution in [3.63, 3.8) is 0 Å². The van der Waals surface area contributed by atoms with Crippen molar-refractivity contribution in [3.8, 4) is 0 Å². The zero-order chi connectivity index (χ0) is 11.6. The van der Waals surface area contributed by atoms with Gasteiger partial charge in [-0.25, -0.2) is 0 Å². The van der Waals surface area contributed by atoms with E-state index in [1.165, 1.54) is 18.7 Å². The molecule has 6 heteroatoms. The molecule has 0 saturated carbocycles. The molecule has 2 nitrogen and oxygen atoms in total. The largest absolute Gasteiger partial charge is 0.433 e. The van der Waals surface area contributed by atoms with Gasteiger partial charge < -0.3 is 0 Å². The van der Waals surface area contributed by atoms with Crippen LogP contribution < -0.4 is 0 Å². The fourth-order valence-corrected chi connectivity index (χ4v) is 1.97. The fourth-order valence-electron chi connectivity index (χ4n) is 1.05. The third kappa shape index (κ3) is 2.90. The van der Waals surface area contributed by atoms with Gasteiger partial charge in [0.1, 0.15) is 10.7 Å². The lowest BCUT2D eigenvalue weighted by Crippen LogP contribution is -2.07. The predicted molar refractivity (Wildman–Crippen MR) is 53.9 cm³/mol. The van der Waals surface area contributed by atoms with E-state index in [1.807, 2.05) is 18.9 Å². The lowest BCUT2D eigenvalue weighted by atomic mass is 10.3. The summed E-state index contributed by atoms with van der Waals surface area (Å²) < 4.78 is 37.2. The highest BCUT2D eigenvalue weighted by molar-refractivity contribution is 7.99. The first kappa shape index (κ1) is 12.4. The third-order valence-corrected chi connectivity index (χ3v) is 3.49. The topological polar surface area (TPSA) is 28.7 Å². The van der Waals surface area contributed by atoms with Crippen molar-refractivity contribution in [2.75, 3.05) is 0 Å². The molecule has 0 fully saturated rings. The second kappa shape index (κ2) is 4.47. The van der Waals surface area contributed by atoms with Gasteiger partial charge in [-0.2, -0.15) is 18.3 Å². The lowest BCUT2D eigenvalue weighted by Gasteiger charge is -2.07. The molecule has 1 aromatic rings. The summed E-state index contributed by atoms with van der Waals surface area (Å²) in [7, 11) is 0. The summed E-state index contributed by atoms with van der Waals surface area (Å²) in [5.41, 5.74) is -0.555. The number of nitrogens with one attached hydrogen (secondary N) is 1. The number of rotatable bonds is 3. The molecule has 0 aromatic carbocycles. The molecule has 0 saturated heterocycles. The summed E-state index contributed by atoms with van der Waals surface area (Å²) in [4.78, 5) is 0. The van der Waals surface area contributed by atoms with Crippen molar-refractivity contribution in [1.29, 1.82) is 0 Å². The van der Waals surface area contributed by atoms with E-state index in [9.17, 15) is 13.2 Å². The number of alkyl halides is 3. The van der Waals surface area contributed by atoms with E-state index in [2.05, 4.69) is 5.10 Å². The zero-order valence-corrected chi connectivity index (χ0v) is 9.59. The van der Waals surface area contributed by atoms with Gasteiger partial charge in [-0.15, -0.1) is 11.8 Å². The van der Waals surface area contributed by atoms with Crippen molar-refractivity contribution in [3.05, 3.63) is 11.3 Å². The molecule has 1 N–H and O–H groups in total. The second-order valence-corrected chi connectivity index (χ2v) is 4.79. The minimum Gasteiger partial charge on any atom is -0.272 e. The minimum absolute atomic E-state index is 0.188. The quantitative estimate of drug-likeness (QED) is 0.814. The molecular weight excluding hydrogens is 225 g/mol. The lowest BCUT2D eigenvalue weighted by molar-refractivity contribution is -0.141. The molecule has 1 heterocycles. The molecule has 0 amide bonds. The number of H-pyrrole nitrogens is 1. The van der Waals surface area contributed by atoms with Crippen LogP contribution in [0.2, 0.25) is 0 Å². The average molecular weight is 238 g/mol. The summed E-state index contributed by atoms with van der Waals surface area (Å²) in [6.07, 6.45) is -3.44. The van der Waals surface area contributed by atoms with E-state index in [0.29, 0.717) is 5.03 Å². The maximum absolute atomic E-state index is 12.4. The molecule has 1 atom stereocenters. The Morgan fingerprint density at radius 2 is 2.07 bits per heavy atom. The standard InChI is InChI=1S/C9H13F3N2S/c1-4-5(2)15-8-6(3)7(13-14-8)9(10,11)12/h5H,4H2,1-3H3,(H,13,14). The third-order valence-electron chi connectivity index (χ3n) is 2.14. The Balaban J connectivity index is 2.90. The van der Waals surface area contributed by atoms with Gasteiger partial charge in [-0.3, -0.25) is 5.10 Å². The van der Waals surface area contributed by atoms with E-state index >= 15 is 0 Å². The Morgan fingerprint density at radius 1 is 1.47 bits per heavy atom. The van der Waals surface area contributed by atoms with Gasteiger partial charge in [0.2, 0.25) is 0 Å². The Hall–Kier alpha value is -0.650. The summed E-state index contributed by atoms with van der Waals surface area (Å²) in [6.45, 7) is 5.40. The number of aromatic nitrogens is 2. The predicted octanol–water partition coefficient (Wildman–Crippen LogP) is 3.63. The summed E-state index contributed by atoms with van der Waals surface area (Å²) in [5.74, 6) is 0. The first-order chi connectivity index (χ1) is 6.86. The number of aromatic amines is 1. The summed E-state index contributed by atoms with van der Waals surface area (Å²) in [5, 5.41) is 6.45. The molecule has 1 rings (SSSR count). The van der Waals surface area contributed by atoms with Gasteiger partial charge in [0, 0.05) is 10.8 Å². The summed E-state index contributed by atoms with van der Waals surface area (Å²) >= 11 is 1.36. The van der Waals surface area contributed by atoms with Gasteiger partial charge in [-0.1, -0.05) is 13.8 Å². The smallest absolute Gasteiger partial charge is 0.272 e. The maximum Gasteiger partial charge on any atom is 0.433 e. The molecule has 0 spiro atoms. The van der Waals surface area contributed by atoms with Crippen LogP contribution in [0.25, 0.3) is 0 Å². The highest BCUT2D eigenvalue weighted by Crippen LogP contribution is 2.35. The van der Waals surface area contributed by atoms with E-state index in [-0.39, 0.29) is 10.8 Å². The number of nitrogens with zero attached hydrogens (tertiary/aromatic N) is 1. The number of thioether (sulfide) groups is 1. The Bertz CT molecular complexity index is 333. The zero-order valence-electron chi connectivity index (χ0n) is 8.77. The molecule has 0 aliphatic rings. The van der Waals surface area contributed by atoms with Crippen LogP contribution in [0.15, 0.2) is 5.03 Å². The Labute approximate surface area is 90.6 Å². The molecule has 0 bridgehead atoms. The van der Waals surface area contributed by atoms with Gasteiger partial charge in [0.05, 0.1) is 0 Å². The van der Waals surface area contributed by atoms with Crippen LogP contribution in [-0.2, 0) is 6.18 Å². The normalized spacial score (nSPS) is 14.3. The van der Waals surface area contributed by atoms with Gasteiger partial charge in [-0.05, 0) is 13.3 Å². The minimum atomic E-state index is -4.34. The van der Waals surface area contributed by atoms with Gasteiger partial charge >= 0.3 is 6.18 Å². The van der Waals surface area contributed by atoms with Gasteiger partial charge in [0.15, 0.2) is 0 Å². The monoisotopic (exact) mass is 238 g/mol. The van der Waals surface area contributed by atoms with E-state index in [4.69, 9.17) is 0 Å². The average Bonchev–Trinajstić information content (AvgIpc) is 2.47. The van der Waals surface area contributed by atoms with Crippen LogP contribution >= 0.6 is 11.8 Å². The molecule has 15 heavy (non-hydrogen) atoms. The van der Waals surface area contributed by atoms with E-state index in [1.54, 1.807) is 0 Å². The highest BCUT2D eigenvalue weighted by Gasteiger charge is 2.35. The van der Waals surface area contributed by atoms with Crippen LogP contribution in [-0.4, -0.2) is 15.4 Å². The Morgan fingerprint density at radius 3 is 2.47 bits per heavy atom. The van der Waals surface area contributed by atoms with Crippen molar-refractivity contribution >= 4 is 11.8 Å². The molecule has 0 aliphatic carbocycles. The molecule has 0 aliphatic heterocycles.